The molecular formula is C12H19NO6S. The van der Waals surface area contributed by atoms with E-state index in [0.29, 0.717) is 0 Å². The summed E-state index contributed by atoms with van der Waals surface area (Å²) in [5.41, 5.74) is -0.0865. The molecule has 1 atom stereocenters. The van der Waals surface area contributed by atoms with Gasteiger partial charge in [-0.05, 0) is 38.5 Å². The Morgan fingerprint density at radius 2 is 1.70 bits per heavy atom. The summed E-state index contributed by atoms with van der Waals surface area (Å²) in [5.74, 6) is -0.473. The van der Waals surface area contributed by atoms with Gasteiger partial charge in [-0.2, -0.15) is 8.42 Å². The molecule has 1 aromatic rings. The molecule has 0 bridgehead atoms. The van der Waals surface area contributed by atoms with E-state index in [1.165, 1.54) is 12.1 Å². The predicted molar refractivity (Wildman–Crippen MR) is 72.9 cm³/mol. The average molecular weight is 305 g/mol. The van der Waals surface area contributed by atoms with Gasteiger partial charge in [-0.3, -0.25) is 4.55 Å². The molecular weight excluding hydrogens is 286 g/mol. The average Bonchev–Trinajstić information content (AvgIpc) is 2.20. The summed E-state index contributed by atoms with van der Waals surface area (Å²) in [6.07, 6.45) is -1.08. The van der Waals surface area contributed by atoms with E-state index in [2.05, 4.69) is 9.50 Å². The molecule has 0 aliphatic carbocycles. The molecule has 114 valence electrons. The second-order valence-electron chi connectivity index (χ2n) is 5.43. The van der Waals surface area contributed by atoms with Crippen molar-refractivity contribution >= 4 is 10.4 Å². The lowest BCUT2D eigenvalue weighted by Crippen LogP contribution is -2.39. The van der Waals surface area contributed by atoms with Gasteiger partial charge in [0.1, 0.15) is 17.6 Å². The quantitative estimate of drug-likeness (QED) is 0.607. The van der Waals surface area contributed by atoms with Crippen molar-refractivity contribution in [3.8, 4) is 11.5 Å². The number of phenolic OH excluding ortho intramolecular Hbond substituents is 2. The summed E-state index contributed by atoms with van der Waals surface area (Å²) in [6, 6.07) is 3.60. The SMILES string of the molecule is CC(C)(C)NC[C@H](OS(=O)(=O)O)c1cc(O)cc(O)c1. The lowest BCUT2D eigenvalue weighted by molar-refractivity contribution is 0.170. The van der Waals surface area contributed by atoms with Gasteiger partial charge in [0.15, 0.2) is 0 Å². The number of benzene rings is 1. The maximum atomic E-state index is 10.9. The first-order valence-corrected chi connectivity index (χ1v) is 7.26. The van der Waals surface area contributed by atoms with Crippen LogP contribution < -0.4 is 5.32 Å². The minimum atomic E-state index is -4.67. The van der Waals surface area contributed by atoms with Gasteiger partial charge in [-0.1, -0.05) is 0 Å². The fourth-order valence-electron chi connectivity index (χ4n) is 1.56. The smallest absolute Gasteiger partial charge is 0.397 e. The Kier molecular flexibility index (Phi) is 4.98. The van der Waals surface area contributed by atoms with E-state index < -0.39 is 16.5 Å². The monoisotopic (exact) mass is 305 g/mol. The van der Waals surface area contributed by atoms with Crippen LogP contribution in [0.2, 0.25) is 0 Å². The third-order valence-electron chi connectivity index (χ3n) is 2.35. The molecule has 0 saturated heterocycles. The Labute approximate surface area is 118 Å². The highest BCUT2D eigenvalue weighted by Gasteiger charge is 2.22. The van der Waals surface area contributed by atoms with Crippen LogP contribution in [0.25, 0.3) is 0 Å². The number of hydrogen-bond donors (Lipinski definition) is 4. The molecule has 0 amide bonds. The van der Waals surface area contributed by atoms with Crippen molar-refractivity contribution in [3.05, 3.63) is 23.8 Å². The van der Waals surface area contributed by atoms with Crippen molar-refractivity contribution < 1.29 is 27.4 Å². The lowest BCUT2D eigenvalue weighted by atomic mass is 10.1. The first-order chi connectivity index (χ1) is 8.96. The summed E-state index contributed by atoms with van der Waals surface area (Å²) in [6.45, 7) is 5.68. The summed E-state index contributed by atoms with van der Waals surface area (Å²) >= 11 is 0. The second-order valence-corrected chi connectivity index (χ2v) is 6.47. The third kappa shape index (κ3) is 6.20. The fraction of sp³-hybridized carbons (Fsp3) is 0.500. The molecule has 20 heavy (non-hydrogen) atoms. The van der Waals surface area contributed by atoms with E-state index in [0.717, 1.165) is 6.07 Å². The molecule has 1 aromatic carbocycles. The van der Waals surface area contributed by atoms with E-state index in [1.807, 2.05) is 20.8 Å². The first-order valence-electron chi connectivity index (χ1n) is 5.90. The van der Waals surface area contributed by atoms with Gasteiger partial charge in [-0.25, -0.2) is 4.18 Å². The zero-order valence-electron chi connectivity index (χ0n) is 11.5. The standard InChI is InChI=1S/C12H19NO6S/c1-12(2,3)13-7-11(19-20(16,17)18)8-4-9(14)6-10(15)5-8/h4-6,11,13-15H,7H2,1-3H3,(H,16,17,18)/t11-/m0/s1. The van der Waals surface area contributed by atoms with Crippen LogP contribution in [0.4, 0.5) is 0 Å². The summed E-state index contributed by atoms with van der Waals surface area (Å²) < 4.78 is 35.2. The van der Waals surface area contributed by atoms with E-state index in [4.69, 9.17) is 4.55 Å². The molecule has 0 radical (unpaired) electrons. The van der Waals surface area contributed by atoms with E-state index >= 15 is 0 Å². The molecule has 7 nitrogen and oxygen atoms in total. The van der Waals surface area contributed by atoms with Gasteiger partial charge >= 0.3 is 10.4 Å². The van der Waals surface area contributed by atoms with Gasteiger partial charge in [0.05, 0.1) is 0 Å². The van der Waals surface area contributed by atoms with Crippen molar-refractivity contribution in [1.82, 2.24) is 5.32 Å². The Bertz CT molecular complexity index is 544. The van der Waals surface area contributed by atoms with Crippen LogP contribution >= 0.6 is 0 Å². The van der Waals surface area contributed by atoms with Gasteiger partial charge in [0.25, 0.3) is 0 Å². The number of phenols is 2. The number of rotatable bonds is 5. The minimum absolute atomic E-state index is 0.0617. The number of nitrogens with one attached hydrogen (secondary N) is 1. The fourth-order valence-corrected chi connectivity index (χ4v) is 2.03. The van der Waals surface area contributed by atoms with E-state index in [9.17, 15) is 18.6 Å². The van der Waals surface area contributed by atoms with Crippen molar-refractivity contribution in [1.29, 1.82) is 0 Å². The third-order valence-corrected chi connectivity index (χ3v) is 2.83. The van der Waals surface area contributed by atoms with Gasteiger partial charge in [-0.15, -0.1) is 0 Å². The maximum Gasteiger partial charge on any atom is 0.397 e. The Morgan fingerprint density at radius 1 is 1.20 bits per heavy atom. The largest absolute Gasteiger partial charge is 0.508 e. The molecule has 0 heterocycles. The van der Waals surface area contributed by atoms with Crippen molar-refractivity contribution in [2.75, 3.05) is 6.54 Å². The number of aromatic hydroxyl groups is 2. The molecule has 0 spiro atoms. The summed E-state index contributed by atoms with van der Waals surface area (Å²) in [7, 11) is -4.67. The maximum absolute atomic E-state index is 10.9. The van der Waals surface area contributed by atoms with Crippen LogP contribution in [0.1, 0.15) is 32.4 Å². The van der Waals surface area contributed by atoms with Crippen molar-refractivity contribution in [3.63, 3.8) is 0 Å². The number of hydrogen-bond acceptors (Lipinski definition) is 6. The molecule has 0 fully saturated rings. The summed E-state index contributed by atoms with van der Waals surface area (Å²) in [5, 5.41) is 21.9. The van der Waals surface area contributed by atoms with Crippen LogP contribution in [-0.2, 0) is 14.6 Å². The molecule has 0 aromatic heterocycles. The highest BCUT2D eigenvalue weighted by atomic mass is 32.3. The zero-order chi connectivity index (χ0) is 15.6. The Hall–Kier alpha value is -1.35. The van der Waals surface area contributed by atoms with Crippen LogP contribution in [0, 0.1) is 0 Å². The molecule has 1 rings (SSSR count). The molecule has 4 N–H and O–H groups in total. The van der Waals surface area contributed by atoms with E-state index in [-0.39, 0.29) is 29.1 Å². The van der Waals surface area contributed by atoms with Crippen LogP contribution in [0.3, 0.4) is 0 Å². The topological polar surface area (TPSA) is 116 Å². The van der Waals surface area contributed by atoms with Gasteiger partial charge in [0, 0.05) is 18.2 Å². The van der Waals surface area contributed by atoms with Crippen molar-refractivity contribution in [2.24, 2.45) is 0 Å². The minimum Gasteiger partial charge on any atom is -0.508 e. The van der Waals surface area contributed by atoms with E-state index in [1.54, 1.807) is 0 Å². The molecule has 0 saturated carbocycles. The molecule has 0 unspecified atom stereocenters. The second kappa shape index (κ2) is 5.96. The first kappa shape index (κ1) is 16.7. The predicted octanol–water partition coefficient (Wildman–Crippen LogP) is 1.35. The normalized spacial score (nSPS) is 14.2. The lowest BCUT2D eigenvalue weighted by Gasteiger charge is -2.24. The molecule has 8 heteroatoms. The molecule has 0 aliphatic heterocycles. The van der Waals surface area contributed by atoms with Crippen LogP contribution in [0.5, 0.6) is 11.5 Å². The highest BCUT2D eigenvalue weighted by molar-refractivity contribution is 7.80. The van der Waals surface area contributed by atoms with Gasteiger partial charge in [0.2, 0.25) is 0 Å². The Morgan fingerprint density at radius 3 is 2.10 bits per heavy atom. The van der Waals surface area contributed by atoms with Crippen molar-refractivity contribution in [2.45, 2.75) is 32.4 Å². The highest BCUT2D eigenvalue weighted by Crippen LogP contribution is 2.27. The van der Waals surface area contributed by atoms with Crippen LogP contribution in [0.15, 0.2) is 18.2 Å². The van der Waals surface area contributed by atoms with Gasteiger partial charge < -0.3 is 15.5 Å². The summed E-state index contributed by atoms with van der Waals surface area (Å²) in [4.78, 5) is 0. The zero-order valence-corrected chi connectivity index (χ0v) is 12.3. The Balaban J connectivity index is 3.03. The van der Waals surface area contributed by atoms with Crippen LogP contribution in [-0.4, -0.2) is 35.3 Å². The molecule has 0 aliphatic rings.